The van der Waals surface area contributed by atoms with E-state index in [0.717, 1.165) is 5.56 Å². The fourth-order valence-corrected chi connectivity index (χ4v) is 6.90. The van der Waals surface area contributed by atoms with Gasteiger partial charge in [-0.2, -0.15) is 4.72 Å². The van der Waals surface area contributed by atoms with Crippen LogP contribution in [0.15, 0.2) is 71.8 Å². The van der Waals surface area contributed by atoms with Gasteiger partial charge >= 0.3 is 6.09 Å². The molecular formula is C33H43N5O6S. The van der Waals surface area contributed by atoms with Gasteiger partial charge in [-0.15, -0.1) is 0 Å². The summed E-state index contributed by atoms with van der Waals surface area (Å²) in [5, 5.41) is 6.37. The van der Waals surface area contributed by atoms with Crippen LogP contribution >= 0.6 is 0 Å². The summed E-state index contributed by atoms with van der Waals surface area (Å²) < 4.78 is 34.9. The first-order valence-corrected chi connectivity index (χ1v) is 16.8. The van der Waals surface area contributed by atoms with E-state index in [1.807, 2.05) is 62.9 Å². The van der Waals surface area contributed by atoms with Crippen molar-refractivity contribution in [2.75, 3.05) is 19.6 Å². The molecule has 1 saturated heterocycles. The molecule has 0 bridgehead atoms. The first-order valence-electron chi connectivity index (χ1n) is 15.3. The Balaban J connectivity index is 1.38. The number of Topliss-reactive ketones (excluding diaryl/α,β-unsaturated/α-hetero) is 1. The van der Waals surface area contributed by atoms with E-state index >= 15 is 0 Å². The van der Waals surface area contributed by atoms with E-state index in [-0.39, 0.29) is 54.7 Å². The number of ether oxygens (including phenoxy) is 1. The van der Waals surface area contributed by atoms with Gasteiger partial charge in [-0.25, -0.2) is 13.2 Å². The Hall–Kier alpha value is -3.87. The molecule has 0 spiro atoms. The van der Waals surface area contributed by atoms with Crippen LogP contribution in [0.25, 0.3) is 10.9 Å². The molecule has 12 heteroatoms. The average Bonchev–Trinajstić information content (AvgIpc) is 3.32. The molecule has 1 aliphatic heterocycles. The number of ketones is 1. The zero-order valence-electron chi connectivity index (χ0n) is 26.2. The SMILES string of the molecule is CC(C)C[C@@H](CN1CC(=O)C(NC(=O)[C@H](CC(C)C)NS(=O)(=O)c2cccc3cccnc23)C1)NC(=O)OCc1ccccc1. The molecule has 0 radical (unpaired) electrons. The molecule has 11 nitrogen and oxygen atoms in total. The summed E-state index contributed by atoms with van der Waals surface area (Å²) in [6.45, 7) is 8.77. The summed E-state index contributed by atoms with van der Waals surface area (Å²) in [7, 11) is -4.12. The highest BCUT2D eigenvalue weighted by Gasteiger charge is 2.36. The maximum atomic E-state index is 13.5. The summed E-state index contributed by atoms with van der Waals surface area (Å²) >= 11 is 0. The Morgan fingerprint density at radius 3 is 2.40 bits per heavy atom. The van der Waals surface area contributed by atoms with Crippen LogP contribution in [-0.4, -0.2) is 73.8 Å². The topological polar surface area (TPSA) is 147 Å². The van der Waals surface area contributed by atoms with E-state index in [9.17, 15) is 22.8 Å². The molecule has 3 aromatic rings. The van der Waals surface area contributed by atoms with Gasteiger partial charge < -0.3 is 15.4 Å². The van der Waals surface area contributed by atoms with Gasteiger partial charge in [0, 0.05) is 30.7 Å². The quantitative estimate of drug-likeness (QED) is 0.243. The molecule has 1 fully saturated rings. The lowest BCUT2D eigenvalue weighted by Crippen LogP contribution is -2.52. The number of nitrogens with one attached hydrogen (secondary N) is 3. The van der Waals surface area contributed by atoms with Gasteiger partial charge in [-0.1, -0.05) is 76.2 Å². The van der Waals surface area contributed by atoms with Crippen molar-refractivity contribution in [3.05, 3.63) is 72.4 Å². The summed E-state index contributed by atoms with van der Waals surface area (Å²) in [6, 6.07) is 15.6. The second-order valence-electron chi connectivity index (χ2n) is 12.4. The lowest BCUT2D eigenvalue weighted by atomic mass is 10.0. The van der Waals surface area contributed by atoms with Crippen LogP contribution in [0.2, 0.25) is 0 Å². The zero-order valence-corrected chi connectivity index (χ0v) is 27.0. The number of aromatic nitrogens is 1. The molecule has 1 aliphatic rings. The van der Waals surface area contributed by atoms with Crippen molar-refractivity contribution >= 4 is 38.7 Å². The normalized spacial score (nSPS) is 17.0. The Bertz CT molecular complexity index is 1580. The van der Waals surface area contributed by atoms with E-state index in [1.54, 1.807) is 24.3 Å². The molecule has 0 saturated carbocycles. The minimum atomic E-state index is -4.12. The van der Waals surface area contributed by atoms with Gasteiger partial charge in [-0.05, 0) is 42.4 Å². The number of alkyl carbamates (subject to hydrolysis) is 1. The molecule has 1 aromatic heterocycles. The van der Waals surface area contributed by atoms with E-state index in [2.05, 4.69) is 20.3 Å². The molecule has 242 valence electrons. The van der Waals surface area contributed by atoms with E-state index in [1.165, 1.54) is 12.3 Å². The molecule has 45 heavy (non-hydrogen) atoms. The summed E-state index contributed by atoms with van der Waals surface area (Å²) in [6.07, 6.45) is 1.89. The van der Waals surface area contributed by atoms with Crippen LogP contribution in [0.5, 0.6) is 0 Å². The monoisotopic (exact) mass is 637 g/mol. The fourth-order valence-electron chi connectivity index (χ4n) is 5.51. The predicted molar refractivity (Wildman–Crippen MR) is 172 cm³/mol. The number of amides is 2. The van der Waals surface area contributed by atoms with Gasteiger partial charge in [0.2, 0.25) is 15.9 Å². The standard InChI is InChI=1S/C33H43N5O6S/c1-22(2)16-26(35-33(41)44-21-24-10-6-5-7-11-24)18-38-19-28(29(39)20-38)36-32(40)27(17-23(3)4)37-45(42,43)30-14-8-12-25-13-9-15-34-31(25)30/h5-15,22-23,26-28,37H,16-21H2,1-4H3,(H,35,41)(H,36,40)/t26-,27-,28?/m0/s1. The van der Waals surface area contributed by atoms with Crippen molar-refractivity contribution in [2.45, 2.75) is 70.2 Å². The highest BCUT2D eigenvalue weighted by atomic mass is 32.2. The largest absolute Gasteiger partial charge is 0.445 e. The number of likely N-dealkylation sites (tertiary alicyclic amines) is 1. The number of hydrogen-bond donors (Lipinski definition) is 3. The zero-order chi connectivity index (χ0) is 32.6. The van der Waals surface area contributed by atoms with Crippen molar-refractivity contribution in [3.8, 4) is 0 Å². The van der Waals surface area contributed by atoms with Crippen LogP contribution in [0.1, 0.15) is 46.1 Å². The van der Waals surface area contributed by atoms with Crippen LogP contribution in [-0.2, 0) is 31.0 Å². The maximum absolute atomic E-state index is 13.5. The van der Waals surface area contributed by atoms with Gasteiger partial charge in [0.15, 0.2) is 5.78 Å². The van der Waals surface area contributed by atoms with Crippen LogP contribution in [0.3, 0.4) is 0 Å². The third-order valence-corrected chi connectivity index (χ3v) is 9.00. The van der Waals surface area contributed by atoms with E-state index < -0.39 is 34.1 Å². The number of carbonyl (C=O) groups is 3. The Labute approximate surface area is 265 Å². The van der Waals surface area contributed by atoms with Gasteiger partial charge in [0.25, 0.3) is 0 Å². The second kappa shape index (κ2) is 15.4. The molecule has 3 atom stereocenters. The minimum Gasteiger partial charge on any atom is -0.445 e. The van der Waals surface area contributed by atoms with E-state index in [0.29, 0.717) is 23.9 Å². The highest BCUT2D eigenvalue weighted by Crippen LogP contribution is 2.22. The maximum Gasteiger partial charge on any atom is 0.407 e. The Morgan fingerprint density at radius 2 is 1.69 bits per heavy atom. The molecule has 0 aliphatic carbocycles. The Kier molecular flexibility index (Phi) is 11.7. The van der Waals surface area contributed by atoms with Crippen LogP contribution in [0, 0.1) is 11.8 Å². The van der Waals surface area contributed by atoms with Crippen molar-refractivity contribution in [3.63, 3.8) is 0 Å². The molecule has 3 N–H and O–H groups in total. The highest BCUT2D eigenvalue weighted by molar-refractivity contribution is 7.89. The van der Waals surface area contributed by atoms with Crippen molar-refractivity contribution < 1.29 is 27.5 Å². The number of sulfonamides is 1. The summed E-state index contributed by atoms with van der Waals surface area (Å²) in [5.41, 5.74) is 1.19. The number of para-hydroxylation sites is 1. The smallest absolute Gasteiger partial charge is 0.407 e. The van der Waals surface area contributed by atoms with Gasteiger partial charge in [0.1, 0.15) is 23.6 Å². The lowest BCUT2D eigenvalue weighted by Gasteiger charge is -2.26. The number of nitrogens with zero attached hydrogens (tertiary/aromatic N) is 2. The first-order chi connectivity index (χ1) is 21.4. The van der Waals surface area contributed by atoms with Gasteiger partial charge in [-0.3, -0.25) is 19.5 Å². The number of fused-ring (bicyclic) bond motifs is 1. The van der Waals surface area contributed by atoms with Crippen LogP contribution in [0.4, 0.5) is 4.79 Å². The number of carbonyl (C=O) groups excluding carboxylic acids is 3. The number of benzene rings is 2. The lowest BCUT2D eigenvalue weighted by molar-refractivity contribution is -0.127. The van der Waals surface area contributed by atoms with Gasteiger partial charge in [0.05, 0.1) is 12.1 Å². The first kappa shape index (κ1) is 34.0. The minimum absolute atomic E-state index is 0.00520. The predicted octanol–water partition coefficient (Wildman–Crippen LogP) is 3.64. The average molecular weight is 638 g/mol. The second-order valence-corrected chi connectivity index (χ2v) is 14.1. The third kappa shape index (κ3) is 9.81. The summed E-state index contributed by atoms with van der Waals surface area (Å²) in [5.74, 6) is -0.473. The van der Waals surface area contributed by atoms with Crippen molar-refractivity contribution in [1.82, 2.24) is 25.2 Å². The van der Waals surface area contributed by atoms with Crippen LogP contribution < -0.4 is 15.4 Å². The number of hydrogen-bond acceptors (Lipinski definition) is 8. The molecule has 1 unspecified atom stereocenters. The molecule has 2 amide bonds. The fraction of sp³-hybridized carbons (Fsp3) is 0.455. The Morgan fingerprint density at radius 1 is 0.978 bits per heavy atom. The van der Waals surface area contributed by atoms with Crippen molar-refractivity contribution in [2.24, 2.45) is 11.8 Å². The van der Waals surface area contributed by atoms with E-state index in [4.69, 9.17) is 4.74 Å². The molecule has 2 heterocycles. The molecule has 2 aromatic carbocycles. The van der Waals surface area contributed by atoms with Crippen molar-refractivity contribution in [1.29, 1.82) is 0 Å². The number of rotatable bonds is 14. The summed E-state index contributed by atoms with van der Waals surface area (Å²) in [4.78, 5) is 45.1. The molecular weight excluding hydrogens is 594 g/mol. The number of pyridine rings is 1. The molecule has 4 rings (SSSR count). The third-order valence-electron chi connectivity index (χ3n) is 7.50.